The Hall–Kier alpha value is -7.08. The van der Waals surface area contributed by atoms with E-state index in [1.54, 1.807) is 36.7 Å². The van der Waals surface area contributed by atoms with Gasteiger partial charge in [-0.3, -0.25) is 19.9 Å². The summed E-state index contributed by atoms with van der Waals surface area (Å²) in [5, 5.41) is 32.5. The number of hydrogen-bond acceptors (Lipinski definition) is 13. The lowest BCUT2D eigenvalue weighted by Crippen LogP contribution is -2.63. The van der Waals surface area contributed by atoms with Crippen LogP contribution in [0, 0.1) is 34.3 Å². The number of carbonyl (C=O) groups is 4. The number of methoxy groups -OCH3 is 1. The minimum Gasteiger partial charge on any atom is -0.465 e. The molecule has 77 heavy (non-hydrogen) atoms. The van der Waals surface area contributed by atoms with Gasteiger partial charge < -0.3 is 40.5 Å². The van der Waals surface area contributed by atoms with Gasteiger partial charge >= 0.3 is 24.9 Å². The molecule has 4 aromatic rings. The van der Waals surface area contributed by atoms with Crippen LogP contribution in [-0.2, 0) is 32.0 Å². The molecule has 19 nitrogen and oxygen atoms in total. The maximum atomic E-state index is 16.0. The molecule has 0 saturated carbocycles. The van der Waals surface area contributed by atoms with Gasteiger partial charge in [0.1, 0.15) is 23.7 Å². The van der Waals surface area contributed by atoms with Gasteiger partial charge in [-0.2, -0.15) is 27.1 Å². The number of hydrazine groups is 1. The van der Waals surface area contributed by atoms with Crippen molar-refractivity contribution in [3.8, 4) is 23.1 Å². The lowest BCUT2D eigenvalue weighted by molar-refractivity contribution is -0.220. The van der Waals surface area contributed by atoms with E-state index < -0.39 is 102 Å². The van der Waals surface area contributed by atoms with Gasteiger partial charge in [0.25, 0.3) is 5.91 Å². The van der Waals surface area contributed by atoms with Crippen molar-refractivity contribution in [1.82, 2.24) is 51.0 Å². The molecule has 6 N–H and O–H groups in total. The number of halogens is 7. The van der Waals surface area contributed by atoms with Gasteiger partial charge in [-0.05, 0) is 74.4 Å². The third-order valence-electron chi connectivity index (χ3n) is 13.9. The molecular weight excluding hydrogens is 1030 g/mol. The van der Waals surface area contributed by atoms with Gasteiger partial charge in [-0.25, -0.2) is 38.0 Å². The highest BCUT2D eigenvalue weighted by atomic mass is 19.4. The zero-order valence-corrected chi connectivity index (χ0v) is 42.9. The first-order valence-electron chi connectivity index (χ1n) is 24.5. The van der Waals surface area contributed by atoms with Crippen molar-refractivity contribution >= 4 is 29.9 Å². The quantitative estimate of drug-likeness (QED) is 0.0418. The van der Waals surface area contributed by atoms with Crippen molar-refractivity contribution < 1.29 is 69.6 Å². The Labute approximate surface area is 438 Å². The van der Waals surface area contributed by atoms with Crippen LogP contribution in [0.3, 0.4) is 0 Å². The number of aliphatic hydroxyl groups is 1. The van der Waals surface area contributed by atoms with Gasteiger partial charge in [0.15, 0.2) is 0 Å². The lowest BCUT2D eigenvalue weighted by atomic mass is 9.82. The molecule has 3 saturated heterocycles. The van der Waals surface area contributed by atoms with Gasteiger partial charge in [-0.15, -0.1) is 0 Å². The molecule has 6 atom stereocenters. The number of piperazine rings is 1. The number of benzene rings is 2. The fourth-order valence-corrected chi connectivity index (χ4v) is 9.44. The molecule has 0 aliphatic carbocycles. The molecule has 0 radical (unpaired) electrons. The Bertz CT molecular complexity index is 2780. The number of amides is 4. The maximum absolute atomic E-state index is 16.0. The number of nitrogens with zero attached hydrogens (tertiary/aromatic N) is 7. The molecule has 416 valence electrons. The van der Waals surface area contributed by atoms with Crippen LogP contribution in [-0.4, -0.2) is 152 Å². The van der Waals surface area contributed by atoms with Gasteiger partial charge in [0, 0.05) is 73.5 Å². The topological polar surface area (TPSA) is 229 Å². The Morgan fingerprint density at radius 3 is 1.99 bits per heavy atom. The van der Waals surface area contributed by atoms with E-state index in [4.69, 9.17) is 4.74 Å². The highest BCUT2D eigenvalue weighted by Crippen LogP contribution is 2.41. The molecule has 3 aliphatic rings. The van der Waals surface area contributed by atoms with Gasteiger partial charge in [0.2, 0.25) is 11.9 Å². The Morgan fingerprint density at radius 1 is 0.857 bits per heavy atom. The summed E-state index contributed by atoms with van der Waals surface area (Å²) in [7, 11) is 0.868. The van der Waals surface area contributed by atoms with E-state index in [0.29, 0.717) is 54.6 Å². The summed E-state index contributed by atoms with van der Waals surface area (Å²) in [4.78, 5) is 66.1. The zero-order chi connectivity index (χ0) is 56.1. The van der Waals surface area contributed by atoms with E-state index in [1.165, 1.54) is 20.8 Å². The third kappa shape index (κ3) is 13.9. The Balaban J connectivity index is 1.15. The van der Waals surface area contributed by atoms with Crippen LogP contribution in [0.5, 0.6) is 0 Å². The minimum atomic E-state index is -5.10. The highest BCUT2D eigenvalue weighted by Gasteiger charge is 2.56. The number of aromatic nitrogens is 4. The second-order valence-corrected chi connectivity index (χ2v) is 20.8. The molecule has 7 rings (SSSR count). The molecule has 2 aromatic heterocycles. The van der Waals surface area contributed by atoms with E-state index in [0.717, 1.165) is 75.7 Å². The van der Waals surface area contributed by atoms with Gasteiger partial charge in [0.05, 0.1) is 55.2 Å². The molecule has 2 unspecified atom stereocenters. The number of carboxylic acid groups (broad SMARTS) is 1. The average molecular weight is 1090 g/mol. The molecular formula is C51H60F7N11O8. The van der Waals surface area contributed by atoms with Gasteiger partial charge in [-0.1, -0.05) is 44.7 Å². The van der Waals surface area contributed by atoms with E-state index in [-0.39, 0.29) is 22.4 Å². The van der Waals surface area contributed by atoms with E-state index in [9.17, 15) is 51.3 Å². The number of rotatable bonds is 18. The summed E-state index contributed by atoms with van der Waals surface area (Å²) in [6.07, 6.45) is -4.06. The Morgan fingerprint density at radius 2 is 1.47 bits per heavy atom. The fraction of sp³-hybridized carbons (Fsp3) is 0.510. The number of hydrogen-bond donors (Lipinski definition) is 6. The molecule has 3 fully saturated rings. The summed E-state index contributed by atoms with van der Waals surface area (Å²) in [6, 6.07) is 4.73. The molecule has 2 bridgehead atoms. The van der Waals surface area contributed by atoms with Crippen LogP contribution in [0.2, 0.25) is 0 Å². The number of alkyl halides is 5. The number of ether oxygens (including phenoxy) is 2. The lowest BCUT2D eigenvalue weighted by Gasteiger charge is -2.47. The standard InChI is InChI=1S/C51H60F7N11O8/c1-49(2,3)41(62-47(73)74)44(72)65-67(24-35-36(52)18-31(19-37(35)53)38-15-16-68(64-38)45(54)55)25-40(70)39(61-43(71)42(63-48(75)76-6)50(4,5)51(56,57)58)17-29-10-7-28(8-11-29)9-12-30-20-59-46(60-21-30)66-22-32-13-14-33(23-66)69(32)34-26-77-27-34/h7-8,10-11,15-16,18-21,32-34,39-42,45,62,70H,13-14,17,22-27H2,1-6H3,(H,61,71)(H,63,75)(H,65,72)(H,73,74)/t32?,33?,39-,40-,41+,42+/m0/s1. The van der Waals surface area contributed by atoms with Crippen molar-refractivity contribution in [2.24, 2.45) is 10.8 Å². The number of fused-ring (bicyclic) bond motifs is 2. The predicted molar refractivity (Wildman–Crippen MR) is 263 cm³/mol. The first kappa shape index (κ1) is 57.6. The number of aliphatic hydroxyl groups excluding tert-OH is 1. The van der Waals surface area contributed by atoms with E-state index in [1.807, 2.05) is 5.32 Å². The second-order valence-electron chi connectivity index (χ2n) is 20.8. The van der Waals surface area contributed by atoms with Crippen LogP contribution in [0.4, 0.5) is 46.3 Å². The molecule has 4 amide bonds. The number of anilines is 1. The summed E-state index contributed by atoms with van der Waals surface area (Å²) >= 11 is 0. The van der Waals surface area contributed by atoms with Crippen molar-refractivity contribution in [3.63, 3.8) is 0 Å². The maximum Gasteiger partial charge on any atom is 0.407 e. The summed E-state index contributed by atoms with van der Waals surface area (Å²) in [5.74, 6) is 1.60. The average Bonchev–Trinajstić information content (AvgIpc) is 3.95. The molecule has 0 spiro atoms. The normalized spacial score (nSPS) is 18.6. The summed E-state index contributed by atoms with van der Waals surface area (Å²) < 4.78 is 112. The van der Waals surface area contributed by atoms with Crippen LogP contribution in [0.25, 0.3) is 11.3 Å². The van der Waals surface area contributed by atoms with Crippen molar-refractivity contribution in [3.05, 3.63) is 94.9 Å². The first-order valence-corrected chi connectivity index (χ1v) is 24.5. The molecule has 2 aromatic carbocycles. The summed E-state index contributed by atoms with van der Waals surface area (Å²) in [5.41, 5.74) is -1.53. The highest BCUT2D eigenvalue weighted by molar-refractivity contribution is 5.87. The predicted octanol–water partition coefficient (Wildman–Crippen LogP) is 5.38. The third-order valence-corrected chi connectivity index (χ3v) is 13.9. The summed E-state index contributed by atoms with van der Waals surface area (Å²) in [6.45, 7) is 4.13. The molecule has 3 aliphatic heterocycles. The molecule has 5 heterocycles. The first-order chi connectivity index (χ1) is 36.2. The smallest absolute Gasteiger partial charge is 0.407 e. The Kier molecular flexibility index (Phi) is 17.7. The molecule has 26 heteroatoms. The number of alkyl carbamates (subject to hydrolysis) is 1. The monoisotopic (exact) mass is 1090 g/mol. The number of nitrogens with one attached hydrogen (secondary N) is 4. The van der Waals surface area contributed by atoms with Crippen molar-refractivity contribution in [1.29, 1.82) is 0 Å². The van der Waals surface area contributed by atoms with Crippen LogP contribution in [0.1, 0.15) is 76.3 Å². The van der Waals surface area contributed by atoms with Crippen molar-refractivity contribution in [2.75, 3.05) is 44.9 Å². The minimum absolute atomic E-state index is 0.221. The van der Waals surface area contributed by atoms with E-state index >= 15 is 8.78 Å². The van der Waals surface area contributed by atoms with Crippen LogP contribution in [0.15, 0.2) is 61.1 Å². The zero-order valence-electron chi connectivity index (χ0n) is 42.9. The van der Waals surface area contributed by atoms with Crippen LogP contribution < -0.4 is 26.3 Å². The fourth-order valence-electron chi connectivity index (χ4n) is 9.44. The largest absolute Gasteiger partial charge is 0.465 e. The van der Waals surface area contributed by atoms with E-state index in [2.05, 4.69) is 57.5 Å². The van der Waals surface area contributed by atoms with Crippen LogP contribution >= 0.6 is 0 Å². The number of carbonyl (C=O) groups excluding carboxylic acids is 3. The SMILES string of the molecule is COC(=O)N[C@H](C(=O)N[C@@H](Cc1ccc(C#Cc2cnc(N3CC4CCC(C3)N4C3COC3)nc2)cc1)[C@@H](O)CN(Cc1c(F)cc(-c2ccn(C(F)F)n2)cc1F)NC(=O)[C@@H](NC(=O)O)C(C)(C)C)C(C)(C)C(F)(F)F. The van der Waals surface area contributed by atoms with Crippen molar-refractivity contribution in [2.45, 2.75) is 116 Å². The second kappa shape index (κ2) is 23.7.